The van der Waals surface area contributed by atoms with Crippen LogP contribution in [0.4, 0.5) is 0 Å². The number of benzene rings is 3. The zero-order valence-corrected chi connectivity index (χ0v) is 19.5. The first-order valence-corrected chi connectivity index (χ1v) is 11.6. The quantitative estimate of drug-likeness (QED) is 0.201. The van der Waals surface area contributed by atoms with Crippen LogP contribution in [0.2, 0.25) is 5.02 Å². The van der Waals surface area contributed by atoms with E-state index in [0.29, 0.717) is 11.8 Å². The first-order chi connectivity index (χ1) is 15.2. The molecular weight excluding hydrogens is 496 g/mol. The molecule has 4 aromatic rings. The number of rotatable bonds is 8. The van der Waals surface area contributed by atoms with Gasteiger partial charge in [-0.25, -0.2) is 0 Å². The molecule has 0 amide bonds. The van der Waals surface area contributed by atoms with E-state index in [4.69, 9.17) is 16.3 Å². The highest BCUT2D eigenvalue weighted by Gasteiger charge is 2.06. The van der Waals surface area contributed by atoms with Crippen molar-refractivity contribution in [3.8, 4) is 5.75 Å². The predicted octanol–water partition coefficient (Wildman–Crippen LogP) is 6.45. The number of ether oxygens (including phenoxy) is 1. The molecule has 0 fully saturated rings. The van der Waals surface area contributed by atoms with Gasteiger partial charge in [-0.15, -0.1) is 10.2 Å². The Bertz CT molecular complexity index is 1160. The van der Waals surface area contributed by atoms with Crippen LogP contribution in [0.15, 0.2) is 93.9 Å². The van der Waals surface area contributed by atoms with Gasteiger partial charge in [0.1, 0.15) is 18.7 Å². The van der Waals surface area contributed by atoms with Gasteiger partial charge in [-0.3, -0.25) is 0 Å². The van der Waals surface area contributed by atoms with Gasteiger partial charge >= 0.3 is 0 Å². The summed E-state index contributed by atoms with van der Waals surface area (Å²) in [6.07, 6.45) is 3.35. The zero-order chi connectivity index (χ0) is 21.5. The van der Waals surface area contributed by atoms with Gasteiger partial charge in [0.2, 0.25) is 5.16 Å². The van der Waals surface area contributed by atoms with Crippen LogP contribution < -0.4 is 4.74 Å². The van der Waals surface area contributed by atoms with Gasteiger partial charge in [0.05, 0.1) is 6.21 Å². The van der Waals surface area contributed by atoms with Gasteiger partial charge in [-0.1, -0.05) is 75.7 Å². The summed E-state index contributed by atoms with van der Waals surface area (Å²) in [5, 5.41) is 14.1. The van der Waals surface area contributed by atoms with E-state index in [1.807, 2.05) is 72.8 Å². The van der Waals surface area contributed by atoms with E-state index in [2.05, 4.69) is 31.2 Å². The molecule has 4 rings (SSSR count). The molecular formula is C23H18BrClN4OS. The van der Waals surface area contributed by atoms with E-state index in [1.165, 1.54) is 0 Å². The lowest BCUT2D eigenvalue weighted by Gasteiger charge is -2.09. The van der Waals surface area contributed by atoms with Crippen LogP contribution in [-0.2, 0) is 12.4 Å². The molecule has 0 spiro atoms. The monoisotopic (exact) mass is 512 g/mol. The van der Waals surface area contributed by atoms with Crippen LogP contribution in [0.5, 0.6) is 5.75 Å². The summed E-state index contributed by atoms with van der Waals surface area (Å²) in [6.45, 7) is 0.479. The minimum atomic E-state index is 0.479. The molecule has 0 aliphatic heterocycles. The molecule has 8 heteroatoms. The average molecular weight is 514 g/mol. The fraction of sp³-hybridized carbons (Fsp3) is 0.0870. The number of thioether (sulfide) groups is 1. The van der Waals surface area contributed by atoms with Crippen LogP contribution in [0.3, 0.4) is 0 Å². The highest BCUT2D eigenvalue weighted by Crippen LogP contribution is 2.22. The summed E-state index contributed by atoms with van der Waals surface area (Å²) in [5.41, 5.74) is 3.12. The second-order valence-corrected chi connectivity index (χ2v) is 8.87. The fourth-order valence-electron chi connectivity index (χ4n) is 2.71. The molecule has 0 N–H and O–H groups in total. The van der Waals surface area contributed by atoms with Crippen LogP contribution in [0, 0.1) is 0 Å². The Hall–Kier alpha value is -2.61. The van der Waals surface area contributed by atoms with Gasteiger partial charge < -0.3 is 4.74 Å². The Kier molecular flexibility index (Phi) is 7.40. The van der Waals surface area contributed by atoms with E-state index in [1.54, 1.807) is 29.0 Å². The van der Waals surface area contributed by atoms with Gasteiger partial charge in [0.25, 0.3) is 0 Å². The molecule has 0 aliphatic carbocycles. The minimum Gasteiger partial charge on any atom is -0.488 e. The van der Waals surface area contributed by atoms with E-state index in [9.17, 15) is 0 Å². The summed E-state index contributed by atoms with van der Waals surface area (Å²) < 4.78 is 8.72. The Morgan fingerprint density at radius 1 is 1.00 bits per heavy atom. The molecule has 0 bridgehead atoms. The standard InChI is InChI=1S/C23H18BrClN4OS/c24-20-9-5-17(6-10-20)14-30-22-4-2-1-3-19(22)13-27-29-16-26-28-23(29)31-15-18-7-11-21(25)12-8-18/h1-13,16H,14-15H2/b27-13+. The van der Waals surface area contributed by atoms with E-state index >= 15 is 0 Å². The summed E-state index contributed by atoms with van der Waals surface area (Å²) in [5.74, 6) is 1.51. The number of hydrogen-bond donors (Lipinski definition) is 0. The number of halogens is 2. The Balaban J connectivity index is 1.42. The third-order valence-corrected chi connectivity index (χ3v) is 6.11. The number of nitrogens with zero attached hydrogens (tertiary/aromatic N) is 4. The lowest BCUT2D eigenvalue weighted by atomic mass is 10.2. The van der Waals surface area contributed by atoms with Gasteiger partial charge in [-0.2, -0.15) is 9.78 Å². The first-order valence-electron chi connectivity index (χ1n) is 9.45. The van der Waals surface area contributed by atoms with Crippen LogP contribution in [0.25, 0.3) is 0 Å². The SMILES string of the molecule is Clc1ccc(CSc2nncn2/N=C/c2ccccc2OCc2ccc(Br)cc2)cc1. The van der Waals surface area contributed by atoms with Crippen LogP contribution >= 0.6 is 39.3 Å². The normalized spacial score (nSPS) is 11.2. The van der Waals surface area contributed by atoms with E-state index in [0.717, 1.165) is 37.7 Å². The number of aromatic nitrogens is 3. The first kappa shape index (κ1) is 21.6. The maximum Gasteiger partial charge on any atom is 0.212 e. The van der Waals surface area contributed by atoms with Crippen molar-refractivity contribution in [2.75, 3.05) is 0 Å². The highest BCUT2D eigenvalue weighted by atomic mass is 79.9. The summed E-state index contributed by atoms with van der Waals surface area (Å²) >= 11 is 11.0. The Morgan fingerprint density at radius 3 is 2.55 bits per heavy atom. The van der Waals surface area contributed by atoms with Crippen LogP contribution in [0.1, 0.15) is 16.7 Å². The molecule has 0 atom stereocenters. The van der Waals surface area contributed by atoms with Gasteiger partial charge in [0, 0.05) is 20.8 Å². The number of hydrogen-bond acceptors (Lipinski definition) is 5. The average Bonchev–Trinajstić information content (AvgIpc) is 3.25. The van der Waals surface area contributed by atoms with Crippen LogP contribution in [-0.4, -0.2) is 21.1 Å². The molecule has 3 aromatic carbocycles. The molecule has 0 radical (unpaired) electrons. The Labute approximate surface area is 198 Å². The van der Waals surface area contributed by atoms with Crippen molar-refractivity contribution in [2.24, 2.45) is 5.10 Å². The van der Waals surface area contributed by atoms with Crippen molar-refractivity contribution in [3.05, 3.63) is 105 Å². The third-order valence-electron chi connectivity index (χ3n) is 4.33. The molecule has 1 heterocycles. The third kappa shape index (κ3) is 6.19. The maximum absolute atomic E-state index is 6.02. The van der Waals surface area contributed by atoms with Crippen molar-refractivity contribution >= 4 is 45.5 Å². The summed E-state index contributed by atoms with van der Waals surface area (Å²) in [4.78, 5) is 0. The van der Waals surface area contributed by atoms with Crippen molar-refractivity contribution in [3.63, 3.8) is 0 Å². The van der Waals surface area contributed by atoms with E-state index < -0.39 is 0 Å². The Morgan fingerprint density at radius 2 is 1.74 bits per heavy atom. The minimum absolute atomic E-state index is 0.479. The van der Waals surface area contributed by atoms with Gasteiger partial charge in [-0.05, 0) is 47.5 Å². The lowest BCUT2D eigenvalue weighted by molar-refractivity contribution is 0.306. The molecule has 0 saturated heterocycles. The van der Waals surface area contributed by atoms with Crippen molar-refractivity contribution in [1.82, 2.24) is 14.9 Å². The zero-order valence-electron chi connectivity index (χ0n) is 16.4. The van der Waals surface area contributed by atoms with E-state index in [-0.39, 0.29) is 0 Å². The largest absolute Gasteiger partial charge is 0.488 e. The second kappa shape index (κ2) is 10.6. The molecule has 1 aromatic heterocycles. The smallest absolute Gasteiger partial charge is 0.212 e. The predicted molar refractivity (Wildman–Crippen MR) is 129 cm³/mol. The summed E-state index contributed by atoms with van der Waals surface area (Å²) in [7, 11) is 0. The lowest BCUT2D eigenvalue weighted by Crippen LogP contribution is -1.99. The molecule has 31 heavy (non-hydrogen) atoms. The molecule has 5 nitrogen and oxygen atoms in total. The molecule has 0 unspecified atom stereocenters. The highest BCUT2D eigenvalue weighted by molar-refractivity contribution is 9.10. The molecule has 156 valence electrons. The maximum atomic E-state index is 6.02. The number of para-hydroxylation sites is 1. The second-order valence-electron chi connectivity index (χ2n) is 6.57. The van der Waals surface area contributed by atoms with Crippen molar-refractivity contribution in [2.45, 2.75) is 17.5 Å². The summed E-state index contributed by atoms with van der Waals surface area (Å²) in [6, 6.07) is 23.6. The molecule has 0 saturated carbocycles. The topological polar surface area (TPSA) is 52.3 Å². The van der Waals surface area contributed by atoms with Crippen molar-refractivity contribution in [1.29, 1.82) is 0 Å². The van der Waals surface area contributed by atoms with Crippen molar-refractivity contribution < 1.29 is 4.74 Å². The molecule has 0 aliphatic rings. The van der Waals surface area contributed by atoms with Gasteiger partial charge in [0.15, 0.2) is 0 Å². The fourth-order valence-corrected chi connectivity index (χ4v) is 3.92.